The molecule has 2 aromatic carbocycles. The van der Waals surface area contributed by atoms with E-state index in [4.69, 9.17) is 5.73 Å². The second kappa shape index (κ2) is 19.2. The second-order valence-corrected chi connectivity index (χ2v) is 16.1. The minimum absolute atomic E-state index is 0.0921. The van der Waals surface area contributed by atoms with Crippen LogP contribution in [0.3, 0.4) is 0 Å². The fraction of sp³-hybridized carbons (Fsp3) is 0.487. The van der Waals surface area contributed by atoms with Crippen molar-refractivity contribution in [1.29, 1.82) is 0 Å². The number of aliphatic carboxylic acids is 2. The van der Waals surface area contributed by atoms with Crippen LogP contribution in [0, 0.1) is 22.5 Å². The maximum Gasteiger partial charge on any atom is 0.327 e. The fourth-order valence-corrected chi connectivity index (χ4v) is 7.02. The highest BCUT2D eigenvalue weighted by molar-refractivity contribution is 8.00. The molecule has 0 saturated heterocycles. The molecule has 11 nitrogen and oxygen atoms in total. The Morgan fingerprint density at radius 1 is 1.00 bits per heavy atom. The summed E-state index contributed by atoms with van der Waals surface area (Å²) >= 11 is 1.07. The summed E-state index contributed by atoms with van der Waals surface area (Å²) in [5.41, 5.74) is 6.92. The van der Waals surface area contributed by atoms with Gasteiger partial charge in [0.1, 0.15) is 17.7 Å². The lowest BCUT2D eigenvalue weighted by molar-refractivity contribution is -0.141. The van der Waals surface area contributed by atoms with Gasteiger partial charge in [-0.05, 0) is 60.5 Å². The molecule has 0 aliphatic rings. The SMILES string of the molecule is CC(NCC(=O)N[C@@H](CSCC(=O)N(CCCN)C(c1cc(-c2cc(F)ccc2F)cn1Cc1ccccc1)C(C)(C)C)C(=O)O)C(C)(C)CC(=O)O. The summed E-state index contributed by atoms with van der Waals surface area (Å²) in [6, 6.07) is 12.5. The van der Waals surface area contributed by atoms with Gasteiger partial charge in [-0.15, -0.1) is 11.8 Å². The first-order chi connectivity index (χ1) is 24.8. The third-order valence-electron chi connectivity index (χ3n) is 9.19. The molecular formula is C39H53F2N5O6S. The highest BCUT2D eigenvalue weighted by atomic mass is 32.2. The minimum Gasteiger partial charge on any atom is -0.481 e. The lowest BCUT2D eigenvalue weighted by Gasteiger charge is -2.41. The number of thioether (sulfide) groups is 1. The Balaban J connectivity index is 1.86. The average Bonchev–Trinajstić information content (AvgIpc) is 3.47. The number of aromatic nitrogens is 1. The van der Waals surface area contributed by atoms with Crippen LogP contribution in [0.1, 0.15) is 71.7 Å². The van der Waals surface area contributed by atoms with E-state index in [-0.39, 0.29) is 42.0 Å². The summed E-state index contributed by atoms with van der Waals surface area (Å²) in [6.07, 6.45) is 2.13. The number of nitrogens with one attached hydrogen (secondary N) is 2. The summed E-state index contributed by atoms with van der Waals surface area (Å²) in [6.45, 7) is 12.0. The van der Waals surface area contributed by atoms with E-state index in [2.05, 4.69) is 10.6 Å². The largest absolute Gasteiger partial charge is 0.481 e. The quantitative estimate of drug-likeness (QED) is 0.0997. The van der Waals surface area contributed by atoms with Crippen molar-refractivity contribution in [3.05, 3.63) is 83.7 Å². The fourth-order valence-electron chi connectivity index (χ4n) is 6.10. The predicted octanol–water partition coefficient (Wildman–Crippen LogP) is 5.53. The highest BCUT2D eigenvalue weighted by Gasteiger charge is 2.37. The number of carboxylic acids is 2. The van der Waals surface area contributed by atoms with E-state index in [0.717, 1.165) is 35.5 Å². The number of halogens is 2. The van der Waals surface area contributed by atoms with Crippen molar-refractivity contribution < 1.29 is 38.2 Å². The predicted molar refractivity (Wildman–Crippen MR) is 203 cm³/mol. The van der Waals surface area contributed by atoms with Gasteiger partial charge >= 0.3 is 11.9 Å². The monoisotopic (exact) mass is 757 g/mol. The van der Waals surface area contributed by atoms with Gasteiger partial charge in [0, 0.05) is 47.9 Å². The van der Waals surface area contributed by atoms with Crippen LogP contribution in [-0.4, -0.2) is 86.7 Å². The number of carbonyl (C=O) groups is 4. The third kappa shape index (κ3) is 12.7. The molecular weight excluding hydrogens is 705 g/mol. The molecule has 3 rings (SSSR count). The van der Waals surface area contributed by atoms with Crippen LogP contribution >= 0.6 is 11.8 Å². The first-order valence-corrected chi connectivity index (χ1v) is 18.7. The van der Waals surface area contributed by atoms with Crippen LogP contribution in [-0.2, 0) is 25.7 Å². The third-order valence-corrected chi connectivity index (χ3v) is 10.2. The zero-order chi connectivity index (χ0) is 39.5. The van der Waals surface area contributed by atoms with E-state index in [1.165, 1.54) is 0 Å². The number of hydrogen-bond acceptors (Lipinski definition) is 7. The normalized spacial score (nSPS) is 13.6. The van der Waals surface area contributed by atoms with Gasteiger partial charge in [-0.25, -0.2) is 13.6 Å². The number of carbonyl (C=O) groups excluding carboxylic acids is 2. The van der Waals surface area contributed by atoms with E-state index >= 15 is 4.39 Å². The van der Waals surface area contributed by atoms with Crippen molar-refractivity contribution in [3.63, 3.8) is 0 Å². The van der Waals surface area contributed by atoms with Crippen molar-refractivity contribution in [1.82, 2.24) is 20.1 Å². The van der Waals surface area contributed by atoms with Gasteiger partial charge in [0.15, 0.2) is 0 Å². The molecule has 290 valence electrons. The van der Waals surface area contributed by atoms with Gasteiger partial charge in [-0.3, -0.25) is 14.4 Å². The Bertz CT molecular complexity index is 1710. The summed E-state index contributed by atoms with van der Waals surface area (Å²) in [5.74, 6) is -4.44. The van der Waals surface area contributed by atoms with Gasteiger partial charge in [-0.2, -0.15) is 0 Å². The number of benzene rings is 2. The number of nitrogens with zero attached hydrogens (tertiary/aromatic N) is 2. The van der Waals surface area contributed by atoms with Gasteiger partial charge in [0.25, 0.3) is 0 Å². The average molecular weight is 758 g/mol. The van der Waals surface area contributed by atoms with Gasteiger partial charge in [-0.1, -0.05) is 65.0 Å². The summed E-state index contributed by atoms with van der Waals surface area (Å²) in [5, 5.41) is 24.5. The van der Waals surface area contributed by atoms with E-state index in [9.17, 15) is 33.8 Å². The Morgan fingerprint density at radius 2 is 1.68 bits per heavy atom. The van der Waals surface area contributed by atoms with Crippen molar-refractivity contribution in [2.45, 2.75) is 79.1 Å². The molecule has 0 spiro atoms. The van der Waals surface area contributed by atoms with Crippen LogP contribution < -0.4 is 16.4 Å². The van der Waals surface area contributed by atoms with Gasteiger partial charge in [0.2, 0.25) is 11.8 Å². The smallest absolute Gasteiger partial charge is 0.327 e. The lowest BCUT2D eigenvalue weighted by Crippen LogP contribution is -2.49. The maximum atomic E-state index is 15.1. The summed E-state index contributed by atoms with van der Waals surface area (Å²) in [7, 11) is 0. The van der Waals surface area contributed by atoms with Crippen LogP contribution in [0.15, 0.2) is 60.8 Å². The van der Waals surface area contributed by atoms with Crippen LogP contribution in [0.5, 0.6) is 0 Å². The number of rotatable bonds is 20. The van der Waals surface area contributed by atoms with Crippen LogP contribution in [0.2, 0.25) is 0 Å². The molecule has 3 aromatic rings. The molecule has 53 heavy (non-hydrogen) atoms. The Morgan fingerprint density at radius 3 is 2.28 bits per heavy atom. The molecule has 0 radical (unpaired) electrons. The molecule has 3 atom stereocenters. The van der Waals surface area contributed by atoms with E-state index in [1.807, 2.05) is 55.7 Å². The highest BCUT2D eigenvalue weighted by Crippen LogP contribution is 2.41. The number of hydrogen-bond donors (Lipinski definition) is 5. The first kappa shape index (κ1) is 43.1. The number of carboxylic acid groups (broad SMARTS) is 2. The summed E-state index contributed by atoms with van der Waals surface area (Å²) in [4.78, 5) is 51.9. The maximum absolute atomic E-state index is 15.1. The molecule has 0 fully saturated rings. The molecule has 2 amide bonds. The van der Waals surface area contributed by atoms with Crippen molar-refractivity contribution in [2.75, 3.05) is 31.1 Å². The lowest BCUT2D eigenvalue weighted by atomic mass is 9.82. The summed E-state index contributed by atoms with van der Waals surface area (Å²) < 4.78 is 31.4. The molecule has 0 aliphatic heterocycles. The standard InChI is InChI=1S/C39H53F2N5O6S/c1-25(39(5,6)19-35(49)50)43-20-33(47)44-31(37(51)52)23-53-24-34(48)46(16-10-15-42)36(38(2,3)4)32-17-27(29-18-28(40)13-14-30(29)41)22-45(32)21-26-11-8-7-9-12-26/h7-9,11-14,17-18,22,25,31,36,43H,10,15-16,19-21,23-24,42H2,1-6H3,(H,44,47)(H,49,50)(H,51,52)/t25?,31-,36?/m0/s1. The zero-order valence-electron chi connectivity index (χ0n) is 31.3. The van der Waals surface area contributed by atoms with Crippen molar-refractivity contribution >= 4 is 35.5 Å². The Labute approximate surface area is 314 Å². The van der Waals surface area contributed by atoms with Crippen molar-refractivity contribution in [3.8, 4) is 11.1 Å². The molecule has 1 aromatic heterocycles. The Kier molecular flexibility index (Phi) is 15.6. The van der Waals surface area contributed by atoms with Crippen LogP contribution in [0.25, 0.3) is 11.1 Å². The molecule has 0 bridgehead atoms. The zero-order valence-corrected chi connectivity index (χ0v) is 32.1. The van der Waals surface area contributed by atoms with E-state index < -0.39 is 52.4 Å². The molecule has 6 N–H and O–H groups in total. The molecule has 2 unspecified atom stereocenters. The molecule has 0 aliphatic carbocycles. The van der Waals surface area contributed by atoms with Crippen LogP contribution in [0.4, 0.5) is 8.78 Å². The Hall–Kier alpha value is -4.27. The number of amides is 2. The van der Waals surface area contributed by atoms with Crippen molar-refractivity contribution in [2.24, 2.45) is 16.6 Å². The van der Waals surface area contributed by atoms with Gasteiger partial charge in [0.05, 0.1) is 24.8 Å². The molecule has 14 heteroatoms. The first-order valence-electron chi connectivity index (χ1n) is 17.6. The molecule has 1 heterocycles. The number of nitrogens with two attached hydrogens (primary N) is 1. The van der Waals surface area contributed by atoms with Gasteiger partial charge < -0.3 is 36.0 Å². The van der Waals surface area contributed by atoms with E-state index in [1.54, 1.807) is 37.9 Å². The molecule has 0 saturated carbocycles. The van der Waals surface area contributed by atoms with E-state index in [0.29, 0.717) is 37.3 Å². The topological polar surface area (TPSA) is 167 Å². The minimum atomic E-state index is -1.29. The second-order valence-electron chi connectivity index (χ2n) is 15.0.